The highest BCUT2D eigenvalue weighted by Crippen LogP contribution is 2.45. The lowest BCUT2D eigenvalue weighted by atomic mass is 10.1. The van der Waals surface area contributed by atoms with Crippen LogP contribution in [0.4, 0.5) is 0 Å². The molecule has 7 heteroatoms. The molecule has 0 saturated carbocycles. The molecule has 1 fully saturated rings. The van der Waals surface area contributed by atoms with Crippen LogP contribution < -0.4 is 9.47 Å². The van der Waals surface area contributed by atoms with Crippen molar-refractivity contribution in [3.8, 4) is 11.5 Å². The lowest BCUT2D eigenvalue weighted by molar-refractivity contribution is 0.0306. The van der Waals surface area contributed by atoms with E-state index in [0.29, 0.717) is 36.9 Å². The summed E-state index contributed by atoms with van der Waals surface area (Å²) in [4.78, 5) is 19.8. The van der Waals surface area contributed by atoms with Gasteiger partial charge < -0.3 is 19.1 Å². The minimum absolute atomic E-state index is 0.0191. The first kappa shape index (κ1) is 16.1. The number of carbonyl (C=O) groups excluding carboxylic acids is 1. The van der Waals surface area contributed by atoms with Crippen molar-refractivity contribution >= 4 is 38.2 Å². The third-order valence-electron chi connectivity index (χ3n) is 4.37. The number of methoxy groups -OCH3 is 2. The second-order valence-electron chi connectivity index (χ2n) is 5.72. The van der Waals surface area contributed by atoms with Crippen LogP contribution in [-0.2, 0) is 4.74 Å². The molecule has 0 spiro atoms. The van der Waals surface area contributed by atoms with Crippen LogP contribution >= 0.6 is 11.3 Å². The molecule has 130 valence electrons. The molecule has 0 bridgehead atoms. The van der Waals surface area contributed by atoms with Crippen molar-refractivity contribution < 1.29 is 19.0 Å². The highest BCUT2D eigenvalue weighted by Gasteiger charge is 2.24. The van der Waals surface area contributed by atoms with Crippen molar-refractivity contribution in [1.82, 2.24) is 9.88 Å². The number of aromatic nitrogens is 1. The Morgan fingerprint density at radius 3 is 2.68 bits per heavy atom. The monoisotopic (exact) mass is 358 g/mol. The van der Waals surface area contributed by atoms with Gasteiger partial charge in [-0.3, -0.25) is 9.78 Å². The molecule has 2 aromatic heterocycles. The number of morpholine rings is 1. The molecule has 0 N–H and O–H groups in total. The topological polar surface area (TPSA) is 60.9 Å². The summed E-state index contributed by atoms with van der Waals surface area (Å²) in [6, 6.07) is 5.70. The van der Waals surface area contributed by atoms with Gasteiger partial charge in [-0.15, -0.1) is 11.3 Å². The molecule has 6 nitrogen and oxygen atoms in total. The van der Waals surface area contributed by atoms with Gasteiger partial charge in [0.05, 0.1) is 37.0 Å². The van der Waals surface area contributed by atoms with Crippen molar-refractivity contribution in [3.63, 3.8) is 0 Å². The summed E-state index contributed by atoms with van der Waals surface area (Å²) < 4.78 is 17.5. The average molecular weight is 358 g/mol. The lowest BCUT2D eigenvalue weighted by Crippen LogP contribution is -2.40. The number of hydrogen-bond donors (Lipinski definition) is 0. The van der Waals surface area contributed by atoms with Gasteiger partial charge >= 0.3 is 0 Å². The Labute approximate surface area is 148 Å². The minimum atomic E-state index is 0.0191. The average Bonchev–Trinajstić information content (AvgIpc) is 3.10. The summed E-state index contributed by atoms with van der Waals surface area (Å²) in [6.45, 7) is 2.39. The third kappa shape index (κ3) is 2.60. The molecule has 4 rings (SSSR count). The van der Waals surface area contributed by atoms with Crippen molar-refractivity contribution in [2.75, 3.05) is 40.5 Å². The second-order valence-corrected chi connectivity index (χ2v) is 6.78. The summed E-state index contributed by atoms with van der Waals surface area (Å²) in [6.07, 6.45) is 1.72. The largest absolute Gasteiger partial charge is 0.495 e. The molecule has 1 amide bonds. The van der Waals surface area contributed by atoms with E-state index in [4.69, 9.17) is 14.2 Å². The molecule has 0 unspecified atom stereocenters. The van der Waals surface area contributed by atoms with Crippen molar-refractivity contribution in [1.29, 1.82) is 0 Å². The molecule has 1 aliphatic heterocycles. The zero-order chi connectivity index (χ0) is 17.4. The summed E-state index contributed by atoms with van der Waals surface area (Å²) in [5.74, 6) is 1.42. The van der Waals surface area contributed by atoms with Gasteiger partial charge in [0.1, 0.15) is 11.3 Å². The molecular weight excluding hydrogens is 340 g/mol. The van der Waals surface area contributed by atoms with E-state index in [9.17, 15) is 4.79 Å². The predicted octanol–water partition coefficient (Wildman–Crippen LogP) is 2.94. The van der Waals surface area contributed by atoms with Crippen LogP contribution in [0.25, 0.3) is 21.0 Å². The fourth-order valence-electron chi connectivity index (χ4n) is 3.18. The fraction of sp³-hybridized carbons (Fsp3) is 0.333. The number of fused-ring (bicyclic) bond motifs is 2. The number of hydrogen-bond acceptors (Lipinski definition) is 6. The minimum Gasteiger partial charge on any atom is -0.495 e. The first-order valence-electron chi connectivity index (χ1n) is 8.04. The number of rotatable bonds is 3. The number of benzene rings is 1. The number of thiophene rings is 1. The molecule has 25 heavy (non-hydrogen) atoms. The number of ether oxygens (including phenoxy) is 3. The van der Waals surface area contributed by atoms with Gasteiger partial charge in [-0.2, -0.15) is 0 Å². The Kier molecular flexibility index (Phi) is 4.19. The first-order valence-corrected chi connectivity index (χ1v) is 8.85. The molecule has 0 aliphatic carbocycles. The van der Waals surface area contributed by atoms with E-state index in [-0.39, 0.29) is 5.91 Å². The van der Waals surface area contributed by atoms with Gasteiger partial charge in [-0.05, 0) is 18.2 Å². The van der Waals surface area contributed by atoms with Gasteiger partial charge in [-0.1, -0.05) is 0 Å². The van der Waals surface area contributed by atoms with E-state index in [1.807, 2.05) is 23.1 Å². The van der Waals surface area contributed by atoms with E-state index in [0.717, 1.165) is 26.7 Å². The Morgan fingerprint density at radius 1 is 1.20 bits per heavy atom. The number of pyridine rings is 1. The van der Waals surface area contributed by atoms with E-state index >= 15 is 0 Å². The van der Waals surface area contributed by atoms with Crippen LogP contribution in [-0.4, -0.2) is 56.3 Å². The van der Waals surface area contributed by atoms with Gasteiger partial charge in [-0.25, -0.2) is 0 Å². The molecule has 1 aliphatic rings. The van der Waals surface area contributed by atoms with Gasteiger partial charge in [0.2, 0.25) is 0 Å². The van der Waals surface area contributed by atoms with Crippen molar-refractivity contribution in [2.24, 2.45) is 0 Å². The smallest absolute Gasteiger partial charge is 0.264 e. The van der Waals surface area contributed by atoms with Crippen LogP contribution in [0.3, 0.4) is 0 Å². The van der Waals surface area contributed by atoms with Crippen LogP contribution in [0.1, 0.15) is 9.67 Å². The Bertz CT molecular complexity index is 887. The summed E-state index contributed by atoms with van der Waals surface area (Å²) in [5.41, 5.74) is 0.734. The molecule has 1 aromatic carbocycles. The van der Waals surface area contributed by atoms with Crippen LogP contribution in [0.5, 0.6) is 11.5 Å². The van der Waals surface area contributed by atoms with E-state index in [1.54, 1.807) is 20.4 Å². The van der Waals surface area contributed by atoms with Gasteiger partial charge in [0.25, 0.3) is 5.91 Å². The first-order chi connectivity index (χ1) is 12.2. The molecule has 0 atom stereocenters. The predicted molar refractivity (Wildman–Crippen MR) is 97.0 cm³/mol. The second kappa shape index (κ2) is 6.50. The Hall–Kier alpha value is -2.38. The zero-order valence-electron chi connectivity index (χ0n) is 14.1. The third-order valence-corrected chi connectivity index (χ3v) is 5.49. The molecule has 0 radical (unpaired) electrons. The highest BCUT2D eigenvalue weighted by molar-refractivity contribution is 7.21. The van der Waals surface area contributed by atoms with E-state index < -0.39 is 0 Å². The van der Waals surface area contributed by atoms with Gasteiger partial charge in [0.15, 0.2) is 5.75 Å². The maximum absolute atomic E-state index is 12.8. The quantitative estimate of drug-likeness (QED) is 0.720. The molecule has 3 aromatic rings. The molecule has 3 heterocycles. The normalized spacial score (nSPS) is 14.9. The highest BCUT2D eigenvalue weighted by atomic mass is 32.1. The lowest BCUT2D eigenvalue weighted by Gasteiger charge is -2.26. The van der Waals surface area contributed by atoms with Crippen molar-refractivity contribution in [2.45, 2.75) is 0 Å². The SMILES string of the molecule is COc1c2cc(C(=O)N3CCOCC3)sc2c(OC)c2cccnc12. The molecule has 1 saturated heterocycles. The van der Waals surface area contributed by atoms with Crippen LogP contribution in [0, 0.1) is 0 Å². The standard InChI is InChI=1S/C18H18N2O4S/c1-22-15-12-10-13(18(21)20-6-8-24-9-7-20)25-17(12)16(23-2)11-4-3-5-19-14(11)15/h3-5,10H,6-9H2,1-2H3. The molecular formula is C18H18N2O4S. The van der Waals surface area contributed by atoms with Crippen molar-refractivity contribution in [3.05, 3.63) is 29.3 Å². The maximum atomic E-state index is 12.8. The van der Waals surface area contributed by atoms with E-state index in [1.165, 1.54) is 11.3 Å². The maximum Gasteiger partial charge on any atom is 0.264 e. The summed E-state index contributed by atoms with van der Waals surface area (Å²) in [5, 5.41) is 1.73. The summed E-state index contributed by atoms with van der Waals surface area (Å²) >= 11 is 1.43. The number of nitrogens with zero attached hydrogens (tertiary/aromatic N) is 2. The van der Waals surface area contributed by atoms with Gasteiger partial charge in [0, 0.05) is 30.1 Å². The van der Waals surface area contributed by atoms with Crippen LogP contribution in [0.2, 0.25) is 0 Å². The number of amides is 1. The Balaban J connectivity index is 1.92. The Morgan fingerprint density at radius 2 is 1.96 bits per heavy atom. The number of carbonyl (C=O) groups is 1. The van der Waals surface area contributed by atoms with E-state index in [2.05, 4.69) is 4.98 Å². The zero-order valence-corrected chi connectivity index (χ0v) is 14.9. The summed E-state index contributed by atoms with van der Waals surface area (Å²) in [7, 11) is 3.26. The van der Waals surface area contributed by atoms with Crippen LogP contribution in [0.15, 0.2) is 24.4 Å². The fourth-order valence-corrected chi connectivity index (χ4v) is 4.35.